The van der Waals surface area contributed by atoms with Gasteiger partial charge in [0.05, 0.1) is 10.7 Å². The number of benzene rings is 1. The predicted molar refractivity (Wildman–Crippen MR) is 93.3 cm³/mol. The molecule has 1 aliphatic carbocycles. The lowest BCUT2D eigenvalue weighted by atomic mass is 10.1. The van der Waals surface area contributed by atoms with Gasteiger partial charge in [0.25, 0.3) is 0 Å². The molecule has 3 heteroatoms. The molecule has 1 aromatic carbocycles. The molecule has 0 aromatic heterocycles. The average molecular weight is 309 g/mol. The largest absolute Gasteiger partial charge is 0.368 e. The standard InChI is InChI=1S/C18H29ClN2/c1-4-21(16-7-5-6-8-16)18-10-9-15(11-17(18)19)13-20-12-14(2)3/h9-11,14,16,20H,4-8,12-13H2,1-3H3. The van der Waals surface area contributed by atoms with E-state index in [9.17, 15) is 0 Å². The first-order valence-corrected chi connectivity index (χ1v) is 8.75. The van der Waals surface area contributed by atoms with Gasteiger partial charge in [-0.05, 0) is 49.9 Å². The first kappa shape index (κ1) is 16.6. The average Bonchev–Trinajstić information content (AvgIpc) is 2.95. The summed E-state index contributed by atoms with van der Waals surface area (Å²) in [6.45, 7) is 9.66. The third kappa shape index (κ3) is 4.62. The van der Waals surface area contributed by atoms with Gasteiger partial charge in [-0.3, -0.25) is 0 Å². The van der Waals surface area contributed by atoms with Crippen LogP contribution in [-0.4, -0.2) is 19.1 Å². The second-order valence-corrected chi connectivity index (χ2v) is 6.94. The highest BCUT2D eigenvalue weighted by Crippen LogP contribution is 2.33. The van der Waals surface area contributed by atoms with Crippen molar-refractivity contribution < 1.29 is 0 Å². The van der Waals surface area contributed by atoms with E-state index in [1.165, 1.54) is 36.9 Å². The molecule has 1 fully saturated rings. The van der Waals surface area contributed by atoms with Crippen LogP contribution in [0.5, 0.6) is 0 Å². The normalized spacial score (nSPS) is 15.9. The fraction of sp³-hybridized carbons (Fsp3) is 0.667. The fourth-order valence-electron chi connectivity index (χ4n) is 3.24. The Labute approximate surface area is 134 Å². The van der Waals surface area contributed by atoms with Crippen LogP contribution < -0.4 is 10.2 Å². The first-order valence-electron chi connectivity index (χ1n) is 8.37. The topological polar surface area (TPSA) is 15.3 Å². The summed E-state index contributed by atoms with van der Waals surface area (Å²) >= 11 is 6.55. The van der Waals surface area contributed by atoms with Crippen molar-refractivity contribution in [3.63, 3.8) is 0 Å². The Morgan fingerprint density at radius 2 is 2.00 bits per heavy atom. The van der Waals surface area contributed by atoms with E-state index in [-0.39, 0.29) is 0 Å². The summed E-state index contributed by atoms with van der Waals surface area (Å²) in [4.78, 5) is 2.49. The van der Waals surface area contributed by atoms with Crippen LogP contribution in [0, 0.1) is 5.92 Å². The molecule has 0 amide bonds. The van der Waals surface area contributed by atoms with Crippen molar-refractivity contribution in [3.05, 3.63) is 28.8 Å². The van der Waals surface area contributed by atoms with E-state index in [2.05, 4.69) is 49.2 Å². The zero-order valence-electron chi connectivity index (χ0n) is 13.7. The summed E-state index contributed by atoms with van der Waals surface area (Å²) < 4.78 is 0. The minimum atomic E-state index is 0.678. The zero-order chi connectivity index (χ0) is 15.2. The number of anilines is 1. The van der Waals surface area contributed by atoms with Crippen LogP contribution in [0.2, 0.25) is 5.02 Å². The molecule has 2 rings (SSSR count). The molecule has 1 N–H and O–H groups in total. The molecule has 2 nitrogen and oxygen atoms in total. The van der Waals surface area contributed by atoms with E-state index in [1.54, 1.807) is 0 Å². The highest BCUT2D eigenvalue weighted by atomic mass is 35.5. The molecule has 1 aromatic rings. The van der Waals surface area contributed by atoms with Gasteiger partial charge in [-0.1, -0.05) is 44.4 Å². The highest BCUT2D eigenvalue weighted by molar-refractivity contribution is 6.33. The third-order valence-electron chi connectivity index (χ3n) is 4.31. The van der Waals surface area contributed by atoms with Crippen molar-refractivity contribution >= 4 is 17.3 Å². The third-order valence-corrected chi connectivity index (χ3v) is 4.61. The van der Waals surface area contributed by atoms with Crippen LogP contribution in [0.15, 0.2) is 18.2 Å². The predicted octanol–water partition coefficient (Wildman–Crippen LogP) is 4.85. The van der Waals surface area contributed by atoms with Gasteiger partial charge >= 0.3 is 0 Å². The van der Waals surface area contributed by atoms with Gasteiger partial charge < -0.3 is 10.2 Å². The number of hydrogen-bond acceptors (Lipinski definition) is 2. The van der Waals surface area contributed by atoms with Gasteiger partial charge in [-0.15, -0.1) is 0 Å². The molecule has 1 aliphatic rings. The number of rotatable bonds is 7. The van der Waals surface area contributed by atoms with Crippen molar-refractivity contribution in [1.82, 2.24) is 5.32 Å². The van der Waals surface area contributed by atoms with Gasteiger partial charge in [-0.2, -0.15) is 0 Å². The molecule has 21 heavy (non-hydrogen) atoms. The highest BCUT2D eigenvalue weighted by Gasteiger charge is 2.23. The molecular formula is C18H29ClN2. The molecule has 0 heterocycles. The lowest BCUT2D eigenvalue weighted by Crippen LogP contribution is -2.33. The van der Waals surface area contributed by atoms with Crippen LogP contribution in [0.25, 0.3) is 0 Å². The van der Waals surface area contributed by atoms with E-state index in [0.717, 1.165) is 24.7 Å². The van der Waals surface area contributed by atoms with Crippen LogP contribution in [-0.2, 0) is 6.54 Å². The van der Waals surface area contributed by atoms with Crippen molar-refractivity contribution in [2.24, 2.45) is 5.92 Å². The van der Waals surface area contributed by atoms with E-state index in [1.807, 2.05) is 0 Å². The van der Waals surface area contributed by atoms with Crippen molar-refractivity contribution in [2.75, 3.05) is 18.0 Å². The number of halogens is 1. The van der Waals surface area contributed by atoms with Gasteiger partial charge in [-0.25, -0.2) is 0 Å². The van der Waals surface area contributed by atoms with Crippen LogP contribution in [0.1, 0.15) is 52.0 Å². The van der Waals surface area contributed by atoms with Gasteiger partial charge in [0.15, 0.2) is 0 Å². The molecule has 118 valence electrons. The molecule has 1 saturated carbocycles. The summed E-state index contributed by atoms with van der Waals surface area (Å²) in [5, 5.41) is 4.37. The minimum Gasteiger partial charge on any atom is -0.368 e. The fourth-order valence-corrected chi connectivity index (χ4v) is 3.55. The Hall–Kier alpha value is -0.730. The van der Waals surface area contributed by atoms with Gasteiger partial charge in [0.2, 0.25) is 0 Å². The second kappa shape index (κ2) is 8.05. The zero-order valence-corrected chi connectivity index (χ0v) is 14.4. The van der Waals surface area contributed by atoms with Crippen molar-refractivity contribution in [3.8, 4) is 0 Å². The molecular weight excluding hydrogens is 280 g/mol. The molecule has 0 bridgehead atoms. The SMILES string of the molecule is CCN(c1ccc(CNCC(C)C)cc1Cl)C1CCCC1. The quantitative estimate of drug-likeness (QED) is 0.774. The minimum absolute atomic E-state index is 0.678. The van der Waals surface area contributed by atoms with E-state index >= 15 is 0 Å². The van der Waals surface area contributed by atoms with E-state index in [0.29, 0.717) is 12.0 Å². The maximum absolute atomic E-state index is 6.55. The Kier molecular flexibility index (Phi) is 6.38. The van der Waals surface area contributed by atoms with Crippen LogP contribution >= 0.6 is 11.6 Å². The summed E-state index contributed by atoms with van der Waals surface area (Å²) in [6, 6.07) is 7.22. The molecule has 0 unspecified atom stereocenters. The maximum Gasteiger partial charge on any atom is 0.0642 e. The number of nitrogens with one attached hydrogen (secondary N) is 1. The monoisotopic (exact) mass is 308 g/mol. The van der Waals surface area contributed by atoms with Crippen molar-refractivity contribution in [1.29, 1.82) is 0 Å². The lowest BCUT2D eigenvalue weighted by Gasteiger charge is -2.31. The number of hydrogen-bond donors (Lipinski definition) is 1. The summed E-state index contributed by atoms with van der Waals surface area (Å²) in [7, 11) is 0. The molecule has 0 atom stereocenters. The Morgan fingerprint density at radius 3 is 2.57 bits per heavy atom. The molecule has 0 saturated heterocycles. The summed E-state index contributed by atoms with van der Waals surface area (Å²) in [5.41, 5.74) is 2.48. The smallest absolute Gasteiger partial charge is 0.0642 e. The molecule has 0 radical (unpaired) electrons. The first-order chi connectivity index (χ1) is 10.1. The lowest BCUT2D eigenvalue weighted by molar-refractivity contribution is 0.552. The van der Waals surface area contributed by atoms with E-state index < -0.39 is 0 Å². The second-order valence-electron chi connectivity index (χ2n) is 6.53. The maximum atomic E-state index is 6.55. The Bertz CT molecular complexity index is 439. The summed E-state index contributed by atoms with van der Waals surface area (Å²) in [6.07, 6.45) is 5.33. The Balaban J connectivity index is 2.03. The molecule has 0 spiro atoms. The number of nitrogens with zero attached hydrogens (tertiary/aromatic N) is 1. The van der Waals surface area contributed by atoms with Crippen molar-refractivity contribution in [2.45, 2.75) is 59.0 Å². The van der Waals surface area contributed by atoms with Crippen LogP contribution in [0.4, 0.5) is 5.69 Å². The van der Waals surface area contributed by atoms with Crippen LogP contribution in [0.3, 0.4) is 0 Å². The Morgan fingerprint density at radius 1 is 1.29 bits per heavy atom. The molecule has 0 aliphatic heterocycles. The van der Waals surface area contributed by atoms with Gasteiger partial charge in [0, 0.05) is 19.1 Å². The van der Waals surface area contributed by atoms with E-state index in [4.69, 9.17) is 11.6 Å². The summed E-state index contributed by atoms with van der Waals surface area (Å²) in [5.74, 6) is 0.678. The van der Waals surface area contributed by atoms with Gasteiger partial charge in [0.1, 0.15) is 0 Å².